The van der Waals surface area contributed by atoms with Gasteiger partial charge in [0.05, 0.1) is 23.8 Å². The maximum Gasteiger partial charge on any atom is 0.146 e. The molecule has 0 saturated heterocycles. The summed E-state index contributed by atoms with van der Waals surface area (Å²) in [5, 5.41) is 10.8. The number of hydrogen-bond donors (Lipinski definition) is 1. The monoisotopic (exact) mass is 312 g/mol. The van der Waals surface area contributed by atoms with Crippen LogP contribution in [0, 0.1) is 0 Å². The molecule has 0 aliphatic rings. The molecular formula is C15H14Cl2O3. The summed E-state index contributed by atoms with van der Waals surface area (Å²) in [4.78, 5) is 0. The van der Waals surface area contributed by atoms with Crippen molar-refractivity contribution < 1.29 is 14.6 Å². The summed E-state index contributed by atoms with van der Waals surface area (Å²) in [6.45, 7) is 1.65. The highest BCUT2D eigenvalue weighted by molar-refractivity contribution is 6.35. The number of aliphatic hydroxyl groups is 1. The number of hydrogen-bond acceptors (Lipinski definition) is 3. The second kappa shape index (κ2) is 6.35. The Morgan fingerprint density at radius 3 is 2.35 bits per heavy atom. The Morgan fingerprint density at radius 2 is 1.75 bits per heavy atom. The van der Waals surface area contributed by atoms with Crippen molar-refractivity contribution >= 4 is 23.2 Å². The summed E-state index contributed by atoms with van der Waals surface area (Å²) < 4.78 is 11.0. The van der Waals surface area contributed by atoms with Gasteiger partial charge in [-0.25, -0.2) is 0 Å². The van der Waals surface area contributed by atoms with E-state index in [2.05, 4.69) is 0 Å². The fourth-order valence-electron chi connectivity index (χ4n) is 1.88. The van der Waals surface area contributed by atoms with Gasteiger partial charge in [-0.2, -0.15) is 0 Å². The van der Waals surface area contributed by atoms with Crippen LogP contribution in [0.3, 0.4) is 0 Å². The molecule has 1 N–H and O–H groups in total. The highest BCUT2D eigenvalue weighted by Gasteiger charge is 2.16. The van der Waals surface area contributed by atoms with Crippen LogP contribution < -0.4 is 9.47 Å². The topological polar surface area (TPSA) is 38.7 Å². The van der Waals surface area contributed by atoms with Crippen LogP contribution in [0.15, 0.2) is 36.4 Å². The van der Waals surface area contributed by atoms with Crippen molar-refractivity contribution in [3.63, 3.8) is 0 Å². The maximum absolute atomic E-state index is 9.89. The van der Waals surface area contributed by atoms with Gasteiger partial charge in [-0.05, 0) is 37.3 Å². The predicted molar refractivity (Wildman–Crippen MR) is 80.2 cm³/mol. The lowest BCUT2D eigenvalue weighted by Crippen LogP contribution is -2.00. The maximum atomic E-state index is 9.89. The van der Waals surface area contributed by atoms with E-state index in [0.717, 1.165) is 0 Å². The number of methoxy groups -OCH3 is 1. The van der Waals surface area contributed by atoms with E-state index in [1.165, 1.54) is 0 Å². The van der Waals surface area contributed by atoms with Crippen molar-refractivity contribution in [2.45, 2.75) is 13.0 Å². The Morgan fingerprint density at radius 1 is 1.05 bits per heavy atom. The second-order valence-electron chi connectivity index (χ2n) is 4.22. The molecule has 2 aromatic carbocycles. The molecule has 1 atom stereocenters. The molecule has 0 bridgehead atoms. The molecule has 106 valence electrons. The van der Waals surface area contributed by atoms with E-state index in [0.29, 0.717) is 32.9 Å². The fraction of sp³-hybridized carbons (Fsp3) is 0.200. The molecule has 0 heterocycles. The zero-order valence-corrected chi connectivity index (χ0v) is 12.6. The van der Waals surface area contributed by atoms with Crippen LogP contribution in [-0.2, 0) is 0 Å². The van der Waals surface area contributed by atoms with Crippen molar-refractivity contribution in [3.8, 4) is 17.2 Å². The van der Waals surface area contributed by atoms with Gasteiger partial charge in [0.1, 0.15) is 17.2 Å². The first kappa shape index (κ1) is 15.0. The summed E-state index contributed by atoms with van der Waals surface area (Å²) in [6.07, 6.45) is -0.729. The van der Waals surface area contributed by atoms with Crippen LogP contribution in [0.1, 0.15) is 18.6 Å². The first-order valence-electron chi connectivity index (χ1n) is 6.00. The van der Waals surface area contributed by atoms with Crippen molar-refractivity contribution in [2.75, 3.05) is 7.11 Å². The third-order valence-electron chi connectivity index (χ3n) is 2.78. The number of halogens is 2. The van der Waals surface area contributed by atoms with Gasteiger partial charge in [-0.3, -0.25) is 0 Å². The smallest absolute Gasteiger partial charge is 0.146 e. The standard InChI is InChI=1S/C15H14Cl2O3/c1-9(18)15-13(19-2)4-3-5-14(15)20-12-7-6-10(16)8-11(12)17/h3-9,18H,1-2H3/t9-/m0/s1. The number of benzene rings is 2. The Hall–Kier alpha value is -1.42. The molecule has 0 aromatic heterocycles. The summed E-state index contributed by atoms with van der Waals surface area (Å²) >= 11 is 11.9. The lowest BCUT2D eigenvalue weighted by molar-refractivity contribution is 0.190. The van der Waals surface area contributed by atoms with Crippen LogP contribution in [0.5, 0.6) is 17.2 Å². The van der Waals surface area contributed by atoms with Gasteiger partial charge in [0.15, 0.2) is 0 Å². The zero-order valence-electron chi connectivity index (χ0n) is 11.1. The molecule has 2 aromatic rings. The molecule has 0 aliphatic carbocycles. The van der Waals surface area contributed by atoms with Gasteiger partial charge in [-0.1, -0.05) is 29.3 Å². The normalized spacial score (nSPS) is 12.1. The van der Waals surface area contributed by atoms with Gasteiger partial charge in [0, 0.05) is 5.02 Å². The van der Waals surface area contributed by atoms with E-state index >= 15 is 0 Å². The van der Waals surface area contributed by atoms with Crippen LogP contribution in [-0.4, -0.2) is 12.2 Å². The van der Waals surface area contributed by atoms with Gasteiger partial charge in [-0.15, -0.1) is 0 Å². The summed E-state index contributed by atoms with van der Waals surface area (Å²) in [5.41, 5.74) is 0.570. The largest absolute Gasteiger partial charge is 0.496 e. The highest BCUT2D eigenvalue weighted by atomic mass is 35.5. The van der Waals surface area contributed by atoms with Crippen molar-refractivity contribution in [2.24, 2.45) is 0 Å². The number of ether oxygens (including phenoxy) is 2. The summed E-state index contributed by atoms with van der Waals surface area (Å²) in [7, 11) is 1.54. The molecule has 0 spiro atoms. The molecule has 0 fully saturated rings. The number of aliphatic hydroxyl groups excluding tert-OH is 1. The molecule has 0 amide bonds. The van der Waals surface area contributed by atoms with Gasteiger partial charge in [0.2, 0.25) is 0 Å². The molecule has 0 aliphatic heterocycles. The molecular weight excluding hydrogens is 299 g/mol. The van der Waals surface area contributed by atoms with E-state index in [-0.39, 0.29) is 0 Å². The molecule has 3 nitrogen and oxygen atoms in total. The average Bonchev–Trinajstić information content (AvgIpc) is 2.41. The molecule has 20 heavy (non-hydrogen) atoms. The van der Waals surface area contributed by atoms with E-state index in [1.807, 2.05) is 0 Å². The van der Waals surface area contributed by atoms with Crippen LogP contribution >= 0.6 is 23.2 Å². The third-order valence-corrected chi connectivity index (χ3v) is 3.31. The minimum absolute atomic E-state index is 0.400. The third kappa shape index (κ3) is 3.18. The summed E-state index contributed by atoms with van der Waals surface area (Å²) in [6, 6.07) is 10.2. The van der Waals surface area contributed by atoms with Gasteiger partial charge in [0.25, 0.3) is 0 Å². The minimum atomic E-state index is -0.729. The number of rotatable bonds is 4. The zero-order chi connectivity index (χ0) is 14.7. The van der Waals surface area contributed by atoms with Crippen molar-refractivity contribution in [1.29, 1.82) is 0 Å². The average molecular weight is 313 g/mol. The lowest BCUT2D eigenvalue weighted by atomic mass is 10.1. The molecule has 0 saturated carbocycles. The Kier molecular flexibility index (Phi) is 4.76. The lowest BCUT2D eigenvalue weighted by Gasteiger charge is -2.17. The quantitative estimate of drug-likeness (QED) is 0.877. The van der Waals surface area contributed by atoms with Gasteiger partial charge < -0.3 is 14.6 Å². The minimum Gasteiger partial charge on any atom is -0.496 e. The molecule has 2 rings (SSSR count). The Labute approximate surface area is 127 Å². The van der Waals surface area contributed by atoms with E-state index in [9.17, 15) is 5.11 Å². The van der Waals surface area contributed by atoms with Crippen LogP contribution in [0.4, 0.5) is 0 Å². The highest BCUT2D eigenvalue weighted by Crippen LogP contribution is 2.38. The van der Waals surface area contributed by atoms with E-state index in [1.54, 1.807) is 50.4 Å². The molecule has 0 radical (unpaired) electrons. The second-order valence-corrected chi connectivity index (χ2v) is 5.07. The Bertz CT molecular complexity index is 612. The van der Waals surface area contributed by atoms with E-state index in [4.69, 9.17) is 32.7 Å². The Balaban J connectivity index is 2.43. The first-order chi connectivity index (χ1) is 9.52. The van der Waals surface area contributed by atoms with Crippen molar-refractivity contribution in [3.05, 3.63) is 52.0 Å². The van der Waals surface area contributed by atoms with Crippen LogP contribution in [0.25, 0.3) is 0 Å². The molecule has 5 heteroatoms. The molecule has 0 unspecified atom stereocenters. The van der Waals surface area contributed by atoms with E-state index < -0.39 is 6.10 Å². The summed E-state index contributed by atoms with van der Waals surface area (Å²) in [5.74, 6) is 1.51. The predicted octanol–water partition coefficient (Wildman–Crippen LogP) is 4.85. The van der Waals surface area contributed by atoms with Gasteiger partial charge >= 0.3 is 0 Å². The van der Waals surface area contributed by atoms with Crippen molar-refractivity contribution in [1.82, 2.24) is 0 Å². The van der Waals surface area contributed by atoms with Crippen LogP contribution in [0.2, 0.25) is 10.0 Å². The SMILES string of the molecule is COc1cccc(Oc2ccc(Cl)cc2Cl)c1[C@H](C)O. The first-order valence-corrected chi connectivity index (χ1v) is 6.76. The fourth-order valence-corrected chi connectivity index (χ4v) is 2.33.